The summed E-state index contributed by atoms with van der Waals surface area (Å²) in [6.07, 6.45) is 3.64. The van der Waals surface area contributed by atoms with Gasteiger partial charge in [-0.1, -0.05) is 0 Å². The predicted molar refractivity (Wildman–Crippen MR) is 52.1 cm³/mol. The molecule has 1 unspecified atom stereocenters. The molecular weight excluding hydrogens is 182 g/mol. The molecule has 0 fully saturated rings. The molecule has 5 N–H and O–H groups in total. The van der Waals surface area contributed by atoms with Crippen molar-refractivity contribution in [3.05, 3.63) is 18.0 Å². The molecule has 0 aliphatic rings. The molecule has 0 aliphatic heterocycles. The highest BCUT2D eigenvalue weighted by atomic mass is 16.1. The normalized spacial score (nSPS) is 12.7. The van der Waals surface area contributed by atoms with Gasteiger partial charge in [0.2, 0.25) is 5.91 Å². The summed E-state index contributed by atoms with van der Waals surface area (Å²) in [5.41, 5.74) is 11.5. The lowest BCUT2D eigenvalue weighted by Crippen LogP contribution is -2.44. The molecule has 14 heavy (non-hydrogen) atoms. The lowest BCUT2D eigenvalue weighted by atomic mass is 10.3. The molecule has 1 heterocycles. The third-order valence-corrected chi connectivity index (χ3v) is 1.82. The summed E-state index contributed by atoms with van der Waals surface area (Å²) in [5.74, 6) is -0.497. The molecule has 0 saturated heterocycles. The van der Waals surface area contributed by atoms with Gasteiger partial charge in [0.1, 0.15) is 0 Å². The van der Waals surface area contributed by atoms with Gasteiger partial charge < -0.3 is 16.8 Å². The number of carbonyl (C=O) groups excluding carboxylic acids is 1. The maximum absolute atomic E-state index is 10.6. The summed E-state index contributed by atoms with van der Waals surface area (Å²) >= 11 is 0. The van der Waals surface area contributed by atoms with E-state index in [-0.39, 0.29) is 0 Å². The molecule has 78 valence electrons. The number of primary amides is 1. The van der Waals surface area contributed by atoms with Crippen molar-refractivity contribution < 1.29 is 4.79 Å². The van der Waals surface area contributed by atoms with Gasteiger partial charge in [-0.05, 0) is 0 Å². The fourth-order valence-electron chi connectivity index (χ4n) is 1.04. The molecular formula is C8H15N5O. The monoisotopic (exact) mass is 197 g/mol. The molecule has 0 radical (unpaired) electrons. The fraction of sp³-hybridized carbons (Fsp3) is 0.500. The number of carbonyl (C=O) groups is 1. The Morgan fingerprint density at radius 3 is 3.00 bits per heavy atom. The van der Waals surface area contributed by atoms with Crippen LogP contribution in [0.2, 0.25) is 0 Å². The number of nitrogens with two attached hydrogens (primary N) is 2. The van der Waals surface area contributed by atoms with Crippen LogP contribution in [0, 0.1) is 0 Å². The fourth-order valence-corrected chi connectivity index (χ4v) is 1.04. The zero-order valence-corrected chi connectivity index (χ0v) is 8.10. The second-order valence-corrected chi connectivity index (χ2v) is 3.16. The summed E-state index contributed by atoms with van der Waals surface area (Å²) in [6, 6.07) is -0.633. The second-order valence-electron chi connectivity index (χ2n) is 3.16. The Morgan fingerprint density at radius 1 is 1.79 bits per heavy atom. The Morgan fingerprint density at radius 2 is 2.50 bits per heavy atom. The summed E-state index contributed by atoms with van der Waals surface area (Å²) in [7, 11) is 1.85. The van der Waals surface area contributed by atoms with Crippen LogP contribution < -0.4 is 16.8 Å². The van der Waals surface area contributed by atoms with Gasteiger partial charge in [0.15, 0.2) is 0 Å². The molecule has 6 heteroatoms. The van der Waals surface area contributed by atoms with Gasteiger partial charge in [0, 0.05) is 31.9 Å². The molecule has 1 amide bonds. The number of hydrogen-bond donors (Lipinski definition) is 3. The van der Waals surface area contributed by atoms with E-state index in [4.69, 9.17) is 11.5 Å². The van der Waals surface area contributed by atoms with E-state index >= 15 is 0 Å². The average Bonchev–Trinajstić information content (AvgIpc) is 2.51. The number of nitrogens with one attached hydrogen (secondary N) is 1. The highest BCUT2D eigenvalue weighted by molar-refractivity contribution is 5.79. The molecule has 1 aromatic rings. The quantitative estimate of drug-likeness (QED) is 0.525. The van der Waals surface area contributed by atoms with E-state index < -0.39 is 11.9 Å². The number of nitrogens with zero attached hydrogens (tertiary/aromatic N) is 2. The Balaban J connectivity index is 2.25. The molecule has 0 bridgehead atoms. The van der Waals surface area contributed by atoms with Crippen LogP contribution in [0.4, 0.5) is 0 Å². The van der Waals surface area contributed by atoms with Crippen LogP contribution in [0.25, 0.3) is 0 Å². The SMILES string of the molecule is Cn1cc(CNCC(N)C(N)=O)cn1. The first-order chi connectivity index (χ1) is 6.59. The number of rotatable bonds is 5. The number of aryl methyl sites for hydroxylation is 1. The van der Waals surface area contributed by atoms with Crippen molar-refractivity contribution in [2.24, 2.45) is 18.5 Å². The van der Waals surface area contributed by atoms with Crippen LogP contribution in [0.15, 0.2) is 12.4 Å². The third-order valence-electron chi connectivity index (χ3n) is 1.82. The maximum Gasteiger partial charge on any atom is 0.235 e. The van der Waals surface area contributed by atoms with Gasteiger partial charge >= 0.3 is 0 Å². The van der Waals surface area contributed by atoms with Gasteiger partial charge in [-0.3, -0.25) is 9.48 Å². The zero-order chi connectivity index (χ0) is 10.6. The van der Waals surface area contributed by atoms with Crippen LogP contribution in [0.5, 0.6) is 0 Å². The molecule has 0 aromatic carbocycles. The first-order valence-electron chi connectivity index (χ1n) is 4.32. The van der Waals surface area contributed by atoms with Crippen LogP contribution in [-0.4, -0.2) is 28.3 Å². The van der Waals surface area contributed by atoms with Crippen molar-refractivity contribution in [2.45, 2.75) is 12.6 Å². The standard InChI is InChI=1S/C8H15N5O/c1-13-5-6(3-12-13)2-11-4-7(9)8(10)14/h3,5,7,11H,2,4,9H2,1H3,(H2,10,14). The first-order valence-corrected chi connectivity index (χ1v) is 4.32. The zero-order valence-electron chi connectivity index (χ0n) is 8.10. The van der Waals surface area contributed by atoms with Crippen LogP contribution >= 0.6 is 0 Å². The van der Waals surface area contributed by atoms with E-state index in [0.717, 1.165) is 5.56 Å². The van der Waals surface area contributed by atoms with Crippen molar-refractivity contribution in [3.63, 3.8) is 0 Å². The lowest BCUT2D eigenvalue weighted by Gasteiger charge is -2.07. The third kappa shape index (κ3) is 3.15. The van der Waals surface area contributed by atoms with Crippen molar-refractivity contribution in [2.75, 3.05) is 6.54 Å². The summed E-state index contributed by atoms with van der Waals surface area (Å²) in [6.45, 7) is 1.01. The van der Waals surface area contributed by atoms with E-state index in [2.05, 4.69) is 10.4 Å². The molecule has 1 atom stereocenters. The van der Waals surface area contributed by atoms with Gasteiger partial charge in [-0.25, -0.2) is 0 Å². The highest BCUT2D eigenvalue weighted by Crippen LogP contribution is 1.94. The molecule has 0 saturated carbocycles. The molecule has 0 spiro atoms. The number of aromatic nitrogens is 2. The van der Waals surface area contributed by atoms with Crippen LogP contribution in [0.3, 0.4) is 0 Å². The molecule has 1 aromatic heterocycles. The van der Waals surface area contributed by atoms with Crippen molar-refractivity contribution in [1.29, 1.82) is 0 Å². The van der Waals surface area contributed by atoms with Gasteiger partial charge in [0.25, 0.3) is 0 Å². The number of hydrogen-bond acceptors (Lipinski definition) is 4. The van der Waals surface area contributed by atoms with Crippen LogP contribution in [-0.2, 0) is 18.4 Å². The van der Waals surface area contributed by atoms with Crippen molar-refractivity contribution >= 4 is 5.91 Å². The predicted octanol–water partition coefficient (Wildman–Crippen LogP) is -1.68. The molecule has 0 aliphatic carbocycles. The summed E-state index contributed by atoms with van der Waals surface area (Å²) in [4.78, 5) is 10.6. The van der Waals surface area contributed by atoms with Crippen molar-refractivity contribution in [3.8, 4) is 0 Å². The van der Waals surface area contributed by atoms with E-state index in [9.17, 15) is 4.79 Å². The van der Waals surface area contributed by atoms with E-state index in [1.807, 2.05) is 13.2 Å². The van der Waals surface area contributed by atoms with E-state index in [1.54, 1.807) is 10.9 Å². The smallest absolute Gasteiger partial charge is 0.235 e. The largest absolute Gasteiger partial charge is 0.368 e. The van der Waals surface area contributed by atoms with E-state index in [0.29, 0.717) is 13.1 Å². The molecule has 1 rings (SSSR count). The average molecular weight is 197 g/mol. The topological polar surface area (TPSA) is 99.0 Å². The maximum atomic E-state index is 10.6. The second kappa shape index (κ2) is 4.73. The van der Waals surface area contributed by atoms with Gasteiger partial charge in [-0.15, -0.1) is 0 Å². The van der Waals surface area contributed by atoms with Crippen molar-refractivity contribution in [1.82, 2.24) is 15.1 Å². The first kappa shape index (κ1) is 10.7. The Labute approximate surface area is 82.3 Å². The van der Waals surface area contributed by atoms with Crippen LogP contribution in [0.1, 0.15) is 5.56 Å². The highest BCUT2D eigenvalue weighted by Gasteiger charge is 2.07. The summed E-state index contributed by atoms with van der Waals surface area (Å²) in [5, 5.41) is 7.02. The Kier molecular flexibility index (Phi) is 3.61. The minimum Gasteiger partial charge on any atom is -0.368 e. The lowest BCUT2D eigenvalue weighted by molar-refractivity contribution is -0.119. The van der Waals surface area contributed by atoms with E-state index in [1.165, 1.54) is 0 Å². The summed E-state index contributed by atoms with van der Waals surface area (Å²) < 4.78 is 1.71. The van der Waals surface area contributed by atoms with Gasteiger partial charge in [-0.2, -0.15) is 5.10 Å². The Hall–Kier alpha value is -1.40. The van der Waals surface area contributed by atoms with Gasteiger partial charge in [0.05, 0.1) is 12.2 Å². The number of amides is 1. The minimum atomic E-state index is -0.633. The molecule has 6 nitrogen and oxygen atoms in total. The minimum absolute atomic E-state index is 0.379. The Bertz CT molecular complexity index is 308.